The largest absolute Gasteiger partial charge is 0.467 e. The third-order valence-electron chi connectivity index (χ3n) is 3.62. The molecule has 1 rings (SSSR count). The number of hydrogen-bond donors (Lipinski definition) is 2. The molecule has 9 heteroatoms. The summed E-state index contributed by atoms with van der Waals surface area (Å²) in [7, 11) is 1.12. The topological polar surface area (TPSA) is 111 Å². The van der Waals surface area contributed by atoms with Crippen LogP contribution in [0.5, 0.6) is 0 Å². The van der Waals surface area contributed by atoms with Crippen LogP contribution < -0.4 is 10.6 Å². The van der Waals surface area contributed by atoms with Crippen molar-refractivity contribution in [3.05, 3.63) is 35.6 Å². The van der Waals surface area contributed by atoms with Crippen molar-refractivity contribution < 1.29 is 33.0 Å². The lowest BCUT2D eigenvalue weighted by Gasteiger charge is -2.24. The van der Waals surface area contributed by atoms with Crippen molar-refractivity contribution in [1.29, 1.82) is 0 Å². The zero-order chi connectivity index (χ0) is 22.2. The highest BCUT2D eigenvalue weighted by molar-refractivity contribution is 5.92. The molecule has 29 heavy (non-hydrogen) atoms. The summed E-state index contributed by atoms with van der Waals surface area (Å²) in [4.78, 5) is 48.3. The van der Waals surface area contributed by atoms with Gasteiger partial charge in [0.05, 0.1) is 13.5 Å². The molecule has 0 spiro atoms. The first-order valence-electron chi connectivity index (χ1n) is 9.03. The Hall–Kier alpha value is -2.97. The molecule has 0 heterocycles. The molecule has 1 aromatic rings. The van der Waals surface area contributed by atoms with Crippen LogP contribution in [-0.4, -0.2) is 48.5 Å². The van der Waals surface area contributed by atoms with Crippen LogP contribution in [0.25, 0.3) is 0 Å². The van der Waals surface area contributed by atoms with Crippen molar-refractivity contribution >= 4 is 23.8 Å². The number of halogens is 1. The highest BCUT2D eigenvalue weighted by atomic mass is 19.1. The van der Waals surface area contributed by atoms with E-state index in [1.807, 2.05) is 0 Å². The van der Waals surface area contributed by atoms with Gasteiger partial charge < -0.3 is 20.1 Å². The molecular weight excluding hydrogens is 383 g/mol. The summed E-state index contributed by atoms with van der Waals surface area (Å²) in [6.45, 7) is 6.23. The van der Waals surface area contributed by atoms with Gasteiger partial charge in [0.15, 0.2) is 0 Å². The van der Waals surface area contributed by atoms with Gasteiger partial charge in [-0.05, 0) is 38.5 Å². The van der Waals surface area contributed by atoms with E-state index in [1.54, 1.807) is 26.8 Å². The highest BCUT2D eigenvalue weighted by Gasteiger charge is 2.30. The molecule has 8 nitrogen and oxygen atoms in total. The number of carbonyl (C=O) groups excluding carboxylic acids is 4. The van der Waals surface area contributed by atoms with E-state index in [0.29, 0.717) is 5.56 Å². The van der Waals surface area contributed by atoms with E-state index >= 15 is 0 Å². The fourth-order valence-corrected chi connectivity index (χ4v) is 2.51. The van der Waals surface area contributed by atoms with Gasteiger partial charge in [-0.15, -0.1) is 0 Å². The van der Waals surface area contributed by atoms with E-state index in [-0.39, 0.29) is 6.42 Å². The van der Waals surface area contributed by atoms with Gasteiger partial charge in [-0.25, -0.2) is 9.18 Å². The average Bonchev–Trinajstić information content (AvgIpc) is 2.57. The third-order valence-corrected chi connectivity index (χ3v) is 3.62. The highest BCUT2D eigenvalue weighted by Crippen LogP contribution is 2.11. The van der Waals surface area contributed by atoms with Gasteiger partial charge in [0.25, 0.3) is 0 Å². The molecule has 0 fully saturated rings. The number of methoxy groups -OCH3 is 1. The summed E-state index contributed by atoms with van der Waals surface area (Å²) in [6.07, 6.45) is -0.452. The van der Waals surface area contributed by atoms with E-state index in [4.69, 9.17) is 4.74 Å². The maximum Gasteiger partial charge on any atom is 0.328 e. The predicted octanol–water partition coefficient (Wildman–Crippen LogP) is 1.26. The number of amides is 2. The lowest BCUT2D eigenvalue weighted by Crippen LogP contribution is -2.53. The van der Waals surface area contributed by atoms with Crippen LogP contribution in [0.15, 0.2) is 24.3 Å². The summed E-state index contributed by atoms with van der Waals surface area (Å²) in [5.41, 5.74) is -0.293. The molecule has 0 saturated heterocycles. The van der Waals surface area contributed by atoms with E-state index in [1.165, 1.54) is 25.1 Å². The quantitative estimate of drug-likeness (QED) is 0.625. The number of hydrogen-bond acceptors (Lipinski definition) is 6. The lowest BCUT2D eigenvalue weighted by atomic mass is 10.0. The van der Waals surface area contributed by atoms with Crippen molar-refractivity contribution in [2.75, 3.05) is 7.11 Å². The molecule has 0 saturated carbocycles. The van der Waals surface area contributed by atoms with Gasteiger partial charge in [-0.3, -0.25) is 14.4 Å². The van der Waals surface area contributed by atoms with E-state index < -0.39 is 53.7 Å². The Labute approximate surface area is 169 Å². The average molecular weight is 410 g/mol. The van der Waals surface area contributed by atoms with E-state index in [2.05, 4.69) is 15.4 Å². The van der Waals surface area contributed by atoms with Gasteiger partial charge in [-0.2, -0.15) is 0 Å². The molecule has 0 aliphatic rings. The second-order valence-corrected chi connectivity index (χ2v) is 7.46. The van der Waals surface area contributed by atoms with E-state index in [0.717, 1.165) is 7.11 Å². The Bertz CT molecular complexity index is 760. The number of carbonyl (C=O) groups is 4. The van der Waals surface area contributed by atoms with Crippen molar-refractivity contribution in [1.82, 2.24) is 10.6 Å². The number of esters is 2. The molecule has 2 atom stereocenters. The van der Waals surface area contributed by atoms with Crippen molar-refractivity contribution in [3.8, 4) is 0 Å². The first kappa shape index (κ1) is 24.1. The molecule has 2 N–H and O–H groups in total. The van der Waals surface area contributed by atoms with Crippen LogP contribution in [0.1, 0.15) is 39.7 Å². The normalized spacial score (nSPS) is 13.0. The summed E-state index contributed by atoms with van der Waals surface area (Å²) >= 11 is 0. The molecule has 0 radical (unpaired) electrons. The molecule has 160 valence electrons. The maximum absolute atomic E-state index is 13.4. The molecule has 0 aliphatic carbocycles. The van der Waals surface area contributed by atoms with Crippen LogP contribution in [-0.2, 0) is 35.1 Å². The van der Waals surface area contributed by atoms with Gasteiger partial charge in [-0.1, -0.05) is 12.1 Å². The Kier molecular flexibility index (Phi) is 8.75. The van der Waals surface area contributed by atoms with Crippen molar-refractivity contribution in [2.24, 2.45) is 0 Å². The third kappa shape index (κ3) is 9.18. The van der Waals surface area contributed by atoms with E-state index in [9.17, 15) is 23.6 Å². The zero-order valence-corrected chi connectivity index (χ0v) is 17.2. The minimum atomic E-state index is -1.30. The minimum Gasteiger partial charge on any atom is -0.467 e. The Morgan fingerprint density at radius 1 is 1.10 bits per heavy atom. The number of benzene rings is 1. The zero-order valence-electron chi connectivity index (χ0n) is 17.2. The van der Waals surface area contributed by atoms with Crippen LogP contribution >= 0.6 is 0 Å². The van der Waals surface area contributed by atoms with Crippen molar-refractivity contribution in [3.63, 3.8) is 0 Å². The fourth-order valence-electron chi connectivity index (χ4n) is 2.51. The Balaban J connectivity index is 2.94. The maximum atomic E-state index is 13.4. The smallest absolute Gasteiger partial charge is 0.328 e. The van der Waals surface area contributed by atoms with Gasteiger partial charge in [0.2, 0.25) is 11.8 Å². The number of ether oxygens (including phenoxy) is 2. The SMILES string of the molecule is COC(=O)[C@@H](CC(=O)OC(C)(C)C)NC(=O)[C@H](Cc1cccc(F)c1)NC(C)=O. The van der Waals surface area contributed by atoms with Crippen LogP contribution in [0.4, 0.5) is 4.39 Å². The Morgan fingerprint density at radius 2 is 1.76 bits per heavy atom. The molecule has 0 aromatic heterocycles. The number of rotatable bonds is 8. The lowest BCUT2D eigenvalue weighted by molar-refractivity contribution is -0.159. The van der Waals surface area contributed by atoms with Gasteiger partial charge >= 0.3 is 11.9 Å². The monoisotopic (exact) mass is 410 g/mol. The van der Waals surface area contributed by atoms with Crippen molar-refractivity contribution in [2.45, 2.75) is 58.2 Å². The molecule has 0 bridgehead atoms. The summed E-state index contributed by atoms with van der Waals surface area (Å²) in [5.74, 6) is -3.22. The van der Waals surface area contributed by atoms with Crippen LogP contribution in [0.2, 0.25) is 0 Å². The standard InChI is InChI=1S/C20H27FN2O6/c1-12(24)22-15(10-13-7-6-8-14(21)9-13)18(26)23-16(19(27)28-5)11-17(25)29-20(2,3)4/h6-9,15-16H,10-11H2,1-5H3,(H,22,24)(H,23,26)/t15-,16+/m0/s1. The minimum absolute atomic E-state index is 0.0104. The molecule has 0 aliphatic heterocycles. The molecule has 0 unspecified atom stereocenters. The fraction of sp³-hybridized carbons (Fsp3) is 0.500. The second-order valence-electron chi connectivity index (χ2n) is 7.46. The molecule has 2 amide bonds. The first-order valence-corrected chi connectivity index (χ1v) is 9.03. The number of nitrogens with one attached hydrogen (secondary N) is 2. The summed E-state index contributed by atoms with van der Waals surface area (Å²) < 4.78 is 23.2. The molecule has 1 aromatic carbocycles. The van der Waals surface area contributed by atoms with Crippen LogP contribution in [0, 0.1) is 5.82 Å². The first-order chi connectivity index (χ1) is 13.4. The summed E-state index contributed by atoms with van der Waals surface area (Å²) in [6, 6.07) is 3.19. The predicted molar refractivity (Wildman–Crippen MR) is 102 cm³/mol. The van der Waals surface area contributed by atoms with Gasteiger partial charge in [0.1, 0.15) is 23.5 Å². The van der Waals surface area contributed by atoms with Crippen LogP contribution in [0.3, 0.4) is 0 Å². The van der Waals surface area contributed by atoms with Gasteiger partial charge in [0, 0.05) is 13.3 Å². The Morgan fingerprint density at radius 3 is 2.28 bits per heavy atom. The molecular formula is C20H27FN2O6. The summed E-state index contributed by atoms with van der Waals surface area (Å²) in [5, 5.41) is 4.86. The second kappa shape index (κ2) is 10.5.